The van der Waals surface area contributed by atoms with E-state index < -0.39 is 0 Å². The zero-order valence-electron chi connectivity index (χ0n) is 17.7. The van der Waals surface area contributed by atoms with Crippen molar-refractivity contribution < 1.29 is 9.59 Å². The summed E-state index contributed by atoms with van der Waals surface area (Å²) in [6, 6.07) is 1.83. The maximum Gasteiger partial charge on any atom is 0.225 e. The second kappa shape index (κ2) is 8.02. The molecule has 1 atom stereocenters. The van der Waals surface area contributed by atoms with Crippen LogP contribution in [-0.4, -0.2) is 44.6 Å². The van der Waals surface area contributed by atoms with E-state index in [0.717, 1.165) is 49.2 Å². The van der Waals surface area contributed by atoms with Crippen molar-refractivity contribution in [1.29, 1.82) is 0 Å². The molecule has 160 valence electrons. The summed E-state index contributed by atoms with van der Waals surface area (Å²) in [5, 5.41) is 7.96. The third kappa shape index (κ3) is 4.36. The number of carbonyl (C=O) groups excluding carboxylic acids is 2. The van der Waals surface area contributed by atoms with Crippen molar-refractivity contribution in [3.63, 3.8) is 0 Å². The Morgan fingerprint density at radius 3 is 2.87 bits per heavy atom. The summed E-state index contributed by atoms with van der Waals surface area (Å²) >= 11 is 6.45. The van der Waals surface area contributed by atoms with Crippen molar-refractivity contribution in [2.45, 2.75) is 53.0 Å². The molecule has 4 rings (SSSR count). The van der Waals surface area contributed by atoms with Crippen molar-refractivity contribution in [3.8, 4) is 11.1 Å². The van der Waals surface area contributed by atoms with Crippen molar-refractivity contribution in [2.75, 3.05) is 18.4 Å². The number of aromatic nitrogens is 3. The van der Waals surface area contributed by atoms with Gasteiger partial charge in [-0.15, -0.1) is 0 Å². The van der Waals surface area contributed by atoms with Gasteiger partial charge in [-0.05, 0) is 36.7 Å². The Balaban J connectivity index is 1.47. The number of halogens is 1. The lowest BCUT2D eigenvalue weighted by Crippen LogP contribution is -2.39. The number of hydrogen-bond donors (Lipinski definition) is 1. The van der Waals surface area contributed by atoms with Crippen LogP contribution in [0.4, 0.5) is 5.82 Å². The number of fused-ring (bicyclic) bond motifs is 1. The SMILES string of the molecule is CC(=O)N1CCC[C@@H](CC(=O)Nc2cc(-c3cnn4c3CC(C)(C)C4)c(Cl)cn2)C1. The molecule has 8 heteroatoms. The molecule has 0 saturated carbocycles. The van der Waals surface area contributed by atoms with Gasteiger partial charge in [0.25, 0.3) is 0 Å². The maximum atomic E-state index is 12.6. The smallest absolute Gasteiger partial charge is 0.225 e. The summed E-state index contributed by atoms with van der Waals surface area (Å²) in [7, 11) is 0. The van der Waals surface area contributed by atoms with Crippen molar-refractivity contribution in [1.82, 2.24) is 19.7 Å². The van der Waals surface area contributed by atoms with Gasteiger partial charge in [-0.2, -0.15) is 5.10 Å². The Labute approximate surface area is 181 Å². The van der Waals surface area contributed by atoms with Gasteiger partial charge < -0.3 is 10.2 Å². The summed E-state index contributed by atoms with van der Waals surface area (Å²) in [6.07, 6.45) is 6.61. The Morgan fingerprint density at radius 2 is 2.10 bits per heavy atom. The third-order valence-corrected chi connectivity index (χ3v) is 6.33. The molecule has 2 aromatic rings. The van der Waals surface area contributed by atoms with Crippen molar-refractivity contribution in [2.24, 2.45) is 11.3 Å². The van der Waals surface area contributed by atoms with E-state index in [1.807, 2.05) is 21.8 Å². The fraction of sp³-hybridized carbons (Fsp3) is 0.545. The number of likely N-dealkylation sites (tertiary alicyclic amines) is 1. The molecule has 0 bridgehead atoms. The lowest BCUT2D eigenvalue weighted by atomic mass is 9.89. The third-order valence-electron chi connectivity index (χ3n) is 6.02. The fourth-order valence-electron chi connectivity index (χ4n) is 4.56. The number of piperidine rings is 1. The lowest BCUT2D eigenvalue weighted by molar-refractivity contribution is -0.131. The number of pyridine rings is 1. The first kappa shape index (κ1) is 20.8. The van der Waals surface area contributed by atoms with E-state index in [-0.39, 0.29) is 23.1 Å². The van der Waals surface area contributed by atoms with Gasteiger partial charge in [0.2, 0.25) is 11.8 Å². The molecule has 0 aliphatic carbocycles. The predicted octanol–water partition coefficient (Wildman–Crippen LogP) is 3.77. The molecule has 1 N–H and O–H groups in total. The first-order chi connectivity index (χ1) is 14.2. The maximum absolute atomic E-state index is 12.6. The van der Waals surface area contributed by atoms with E-state index in [1.165, 1.54) is 0 Å². The molecule has 7 nitrogen and oxygen atoms in total. The van der Waals surface area contributed by atoms with E-state index in [0.29, 0.717) is 23.8 Å². The largest absolute Gasteiger partial charge is 0.343 e. The van der Waals surface area contributed by atoms with E-state index in [4.69, 9.17) is 11.6 Å². The standard InChI is InChI=1S/C22H28ClN5O2/c1-14(29)27-6-4-5-15(12-27)7-21(30)26-20-8-16(18(23)11-24-20)17-10-25-28-13-22(2,3)9-19(17)28/h8,10-11,15H,4-7,9,12-13H2,1-3H3,(H,24,26,30)/t15-/m0/s1. The van der Waals surface area contributed by atoms with Crippen LogP contribution in [0.3, 0.4) is 0 Å². The zero-order chi connectivity index (χ0) is 21.5. The molecule has 1 saturated heterocycles. The fourth-order valence-corrected chi connectivity index (χ4v) is 4.77. The van der Waals surface area contributed by atoms with E-state index in [9.17, 15) is 9.59 Å². The van der Waals surface area contributed by atoms with Crippen LogP contribution in [0.15, 0.2) is 18.5 Å². The lowest BCUT2D eigenvalue weighted by Gasteiger charge is -2.31. The highest BCUT2D eigenvalue weighted by Gasteiger charge is 2.32. The van der Waals surface area contributed by atoms with Crippen LogP contribution in [0, 0.1) is 11.3 Å². The minimum Gasteiger partial charge on any atom is -0.343 e. The Hall–Kier alpha value is -2.41. The van der Waals surface area contributed by atoms with E-state index in [1.54, 1.807) is 13.1 Å². The Kier molecular flexibility index (Phi) is 5.57. The van der Waals surface area contributed by atoms with Gasteiger partial charge >= 0.3 is 0 Å². The van der Waals surface area contributed by atoms with Crippen molar-refractivity contribution >= 4 is 29.2 Å². The van der Waals surface area contributed by atoms with E-state index >= 15 is 0 Å². The van der Waals surface area contributed by atoms with Gasteiger partial charge in [0.15, 0.2) is 0 Å². The molecule has 2 amide bonds. The number of nitrogens with one attached hydrogen (secondary N) is 1. The van der Waals surface area contributed by atoms with Crippen LogP contribution >= 0.6 is 11.6 Å². The molecule has 1 fully saturated rings. The highest BCUT2D eigenvalue weighted by molar-refractivity contribution is 6.33. The Bertz CT molecular complexity index is 984. The molecular weight excluding hydrogens is 402 g/mol. The molecule has 0 aromatic carbocycles. The minimum absolute atomic E-state index is 0.0704. The van der Waals surface area contributed by atoms with Gasteiger partial charge in [-0.3, -0.25) is 14.3 Å². The van der Waals surface area contributed by atoms with Crippen LogP contribution in [-0.2, 0) is 22.6 Å². The average Bonchev–Trinajstić information content (AvgIpc) is 3.18. The highest BCUT2D eigenvalue weighted by atomic mass is 35.5. The molecule has 0 unspecified atom stereocenters. The first-order valence-electron chi connectivity index (χ1n) is 10.5. The topological polar surface area (TPSA) is 80.1 Å². The highest BCUT2D eigenvalue weighted by Crippen LogP contribution is 2.39. The molecule has 30 heavy (non-hydrogen) atoms. The molecule has 0 radical (unpaired) electrons. The molecule has 0 spiro atoms. The first-order valence-corrected chi connectivity index (χ1v) is 10.9. The second-order valence-corrected chi connectivity index (χ2v) is 9.69. The molecule has 2 aliphatic rings. The number of anilines is 1. The second-order valence-electron chi connectivity index (χ2n) is 9.28. The summed E-state index contributed by atoms with van der Waals surface area (Å²) in [5.41, 5.74) is 3.16. The van der Waals surface area contributed by atoms with Gasteiger partial charge in [0.05, 0.1) is 11.2 Å². The minimum atomic E-state index is -0.0902. The number of carbonyl (C=O) groups is 2. The summed E-state index contributed by atoms with van der Waals surface area (Å²) in [6.45, 7) is 8.33. The summed E-state index contributed by atoms with van der Waals surface area (Å²) in [4.78, 5) is 30.3. The monoisotopic (exact) mass is 429 g/mol. The number of hydrogen-bond acceptors (Lipinski definition) is 4. The normalized spacial score (nSPS) is 20.1. The Morgan fingerprint density at radius 1 is 1.30 bits per heavy atom. The number of nitrogens with zero attached hydrogens (tertiary/aromatic N) is 4. The molecule has 2 aliphatic heterocycles. The van der Waals surface area contributed by atoms with Crippen molar-refractivity contribution in [3.05, 3.63) is 29.2 Å². The number of rotatable bonds is 4. The van der Waals surface area contributed by atoms with Crippen LogP contribution in [0.1, 0.15) is 45.7 Å². The van der Waals surface area contributed by atoms with E-state index in [2.05, 4.69) is 29.2 Å². The van der Waals surface area contributed by atoms with Gasteiger partial charge in [-0.1, -0.05) is 25.4 Å². The predicted molar refractivity (Wildman–Crippen MR) is 116 cm³/mol. The van der Waals surface area contributed by atoms with Crippen LogP contribution in [0.25, 0.3) is 11.1 Å². The molecule has 2 aromatic heterocycles. The van der Waals surface area contributed by atoms with Crippen LogP contribution in [0.2, 0.25) is 5.02 Å². The zero-order valence-corrected chi connectivity index (χ0v) is 18.5. The van der Waals surface area contributed by atoms with Gasteiger partial charge in [0.1, 0.15) is 5.82 Å². The molecular formula is C22H28ClN5O2. The average molecular weight is 430 g/mol. The van der Waals surface area contributed by atoms with Gasteiger partial charge in [0, 0.05) is 56.0 Å². The van der Waals surface area contributed by atoms with Gasteiger partial charge in [-0.25, -0.2) is 4.98 Å². The summed E-state index contributed by atoms with van der Waals surface area (Å²) in [5.74, 6) is 0.639. The van der Waals surface area contributed by atoms with Crippen LogP contribution in [0.5, 0.6) is 0 Å². The number of amides is 2. The van der Waals surface area contributed by atoms with Crippen LogP contribution < -0.4 is 5.32 Å². The summed E-state index contributed by atoms with van der Waals surface area (Å²) < 4.78 is 2.04. The molecule has 4 heterocycles. The quantitative estimate of drug-likeness (QED) is 0.802.